The van der Waals surface area contributed by atoms with E-state index in [-0.39, 0.29) is 34.1 Å². The Bertz CT molecular complexity index is 1690. The monoisotopic (exact) mass is 636 g/mol. The zero-order valence-corrected chi connectivity index (χ0v) is 22.9. The molecule has 20 nitrogen and oxygen atoms in total. The molecule has 1 aliphatic rings. The van der Waals surface area contributed by atoms with Gasteiger partial charge in [0.1, 0.15) is 18.5 Å². The number of aliphatic hydroxyl groups is 2. The van der Waals surface area contributed by atoms with Crippen molar-refractivity contribution in [2.75, 3.05) is 24.7 Å². The van der Waals surface area contributed by atoms with Crippen molar-refractivity contribution in [3.8, 4) is 0 Å². The molecular formula is C18H23F2N12O8PS. The van der Waals surface area contributed by atoms with Crippen molar-refractivity contribution in [3.05, 3.63) is 16.7 Å². The van der Waals surface area contributed by atoms with Gasteiger partial charge in [0.15, 0.2) is 40.5 Å². The number of alkyl halides is 2. The average Bonchev–Trinajstić information content (AvgIpc) is 3.63. The second-order valence-electron chi connectivity index (χ2n) is 8.86. The standard InChI is InChI=1S/C18H23F2N12O8PS/c1-5(2-33)38-17(32-14-9(28-30-32)15(35)26-18(22)25-14)11(20)40-41(36,42)37-3-6-10(34)7(19)16(39-6)31-13-8(27-29-31)12(21)23-4-24-13/h4-7,10-11,16-17,33-34H,2-3H2,1H3,(H,36,42)(H2,21,23,24)(H3,22,25,26,35)/t5-,6+,7-,10+,11?,16+,17+,41?/m0/s1. The van der Waals surface area contributed by atoms with Gasteiger partial charge in [-0.05, 0) is 18.7 Å². The maximum atomic E-state index is 15.5. The Morgan fingerprint density at radius 1 is 1.26 bits per heavy atom. The summed E-state index contributed by atoms with van der Waals surface area (Å²) in [5.74, 6) is -0.356. The van der Waals surface area contributed by atoms with Crippen LogP contribution in [-0.4, -0.2) is 109 Å². The highest BCUT2D eigenvalue weighted by atomic mass is 32.5. The second-order valence-corrected chi connectivity index (χ2v) is 11.7. The van der Waals surface area contributed by atoms with E-state index in [4.69, 9.17) is 41.8 Å². The SMILES string of the molecule is C[C@@H](CO)O[C@H](C(F)OP(O)(=S)OC[C@H]1O[C@@H](n2nnc3c(N)ncnc32)[C@@H](F)[C@@H]1O)n1nnc2c(=O)[nH]c(N)nc21. The molecule has 0 bridgehead atoms. The van der Waals surface area contributed by atoms with E-state index in [1.54, 1.807) is 0 Å². The van der Waals surface area contributed by atoms with Crippen molar-refractivity contribution < 1.29 is 42.4 Å². The number of ether oxygens (including phenoxy) is 2. The molecule has 5 heterocycles. The molecule has 1 saturated heterocycles. The van der Waals surface area contributed by atoms with Crippen molar-refractivity contribution in [2.45, 2.75) is 50.2 Å². The first-order valence-corrected chi connectivity index (χ1v) is 14.4. The van der Waals surface area contributed by atoms with E-state index in [9.17, 15) is 24.3 Å². The number of halogens is 2. The van der Waals surface area contributed by atoms with Gasteiger partial charge in [0.25, 0.3) is 11.9 Å². The van der Waals surface area contributed by atoms with Gasteiger partial charge in [-0.3, -0.25) is 14.3 Å². The van der Waals surface area contributed by atoms with Gasteiger partial charge in [0.2, 0.25) is 12.2 Å². The molecule has 0 aromatic carbocycles. The molecule has 2 unspecified atom stereocenters. The molecule has 8 N–H and O–H groups in total. The molecule has 5 rings (SSSR count). The van der Waals surface area contributed by atoms with Gasteiger partial charge >= 0.3 is 6.72 Å². The Morgan fingerprint density at radius 3 is 2.74 bits per heavy atom. The van der Waals surface area contributed by atoms with Crippen LogP contribution >= 0.6 is 6.72 Å². The number of aromatic amines is 1. The molecule has 228 valence electrons. The van der Waals surface area contributed by atoms with E-state index in [0.717, 1.165) is 11.0 Å². The molecule has 0 saturated carbocycles. The summed E-state index contributed by atoms with van der Waals surface area (Å²) in [6.07, 6.45) is -11.3. The molecule has 42 heavy (non-hydrogen) atoms. The number of H-pyrrole nitrogens is 1. The summed E-state index contributed by atoms with van der Waals surface area (Å²) in [5.41, 5.74) is 9.97. The minimum absolute atomic E-state index is 0.0143. The number of nitrogens with two attached hydrogens (primary N) is 2. The zero-order chi connectivity index (χ0) is 30.3. The summed E-state index contributed by atoms with van der Waals surface area (Å²) in [5, 5.41) is 34.6. The molecule has 8 atom stereocenters. The number of nitrogens with one attached hydrogen (secondary N) is 1. The molecular weight excluding hydrogens is 613 g/mol. The fourth-order valence-electron chi connectivity index (χ4n) is 3.91. The fraction of sp³-hybridized carbons (Fsp3) is 0.556. The van der Waals surface area contributed by atoms with Crippen molar-refractivity contribution in [1.29, 1.82) is 0 Å². The largest absolute Gasteiger partial charge is 0.394 e. The number of nitrogens with zero attached hydrogens (tertiary/aromatic N) is 9. The molecule has 4 aromatic heterocycles. The summed E-state index contributed by atoms with van der Waals surface area (Å²) >= 11 is 4.89. The number of aromatic nitrogens is 10. The Labute approximate surface area is 236 Å². The fourth-order valence-corrected chi connectivity index (χ4v) is 5.09. The van der Waals surface area contributed by atoms with E-state index in [2.05, 4.69) is 40.6 Å². The number of hydrogen-bond acceptors (Lipinski definition) is 17. The predicted octanol–water partition coefficient (Wildman–Crippen LogP) is -2.05. The normalized spacial score (nSPS) is 24.6. The Morgan fingerprint density at radius 2 is 2.00 bits per heavy atom. The first-order valence-electron chi connectivity index (χ1n) is 11.9. The number of hydrogen-bond donors (Lipinski definition) is 6. The van der Waals surface area contributed by atoms with Crippen LogP contribution in [0.2, 0.25) is 0 Å². The molecule has 1 aliphatic heterocycles. The number of anilines is 2. The van der Waals surface area contributed by atoms with Crippen LogP contribution in [0, 0.1) is 0 Å². The zero-order valence-electron chi connectivity index (χ0n) is 21.2. The van der Waals surface area contributed by atoms with Crippen LogP contribution in [0.25, 0.3) is 22.3 Å². The Kier molecular flexibility index (Phi) is 8.37. The van der Waals surface area contributed by atoms with E-state index in [1.165, 1.54) is 6.92 Å². The number of rotatable bonds is 11. The number of nitrogen functional groups attached to an aromatic ring is 2. The van der Waals surface area contributed by atoms with Crippen LogP contribution in [0.4, 0.5) is 20.5 Å². The van der Waals surface area contributed by atoms with Gasteiger partial charge in [0.05, 0.1) is 19.3 Å². The van der Waals surface area contributed by atoms with Crippen LogP contribution < -0.4 is 17.0 Å². The van der Waals surface area contributed by atoms with Crippen molar-refractivity contribution in [3.63, 3.8) is 0 Å². The number of fused-ring (bicyclic) bond motifs is 2. The molecule has 0 amide bonds. The quantitative estimate of drug-likeness (QED) is 0.0966. The molecule has 0 aliphatic carbocycles. The van der Waals surface area contributed by atoms with Crippen molar-refractivity contribution in [2.24, 2.45) is 0 Å². The average molecular weight is 636 g/mol. The molecule has 0 radical (unpaired) electrons. The lowest BCUT2D eigenvalue weighted by atomic mass is 10.1. The molecule has 0 spiro atoms. The highest BCUT2D eigenvalue weighted by Crippen LogP contribution is 2.48. The van der Waals surface area contributed by atoms with Crippen LogP contribution in [-0.2, 0) is 30.3 Å². The number of aliphatic hydroxyl groups excluding tert-OH is 2. The van der Waals surface area contributed by atoms with E-state index in [0.29, 0.717) is 4.68 Å². The van der Waals surface area contributed by atoms with E-state index >= 15 is 4.39 Å². The minimum atomic E-state index is -4.50. The van der Waals surface area contributed by atoms with Gasteiger partial charge in [-0.25, -0.2) is 18.7 Å². The lowest BCUT2D eigenvalue weighted by Crippen LogP contribution is -2.32. The summed E-state index contributed by atoms with van der Waals surface area (Å²) in [6, 6.07) is 0. The van der Waals surface area contributed by atoms with E-state index in [1.807, 2.05) is 0 Å². The van der Waals surface area contributed by atoms with Crippen LogP contribution in [0.3, 0.4) is 0 Å². The molecule has 4 aromatic rings. The highest BCUT2D eigenvalue weighted by Gasteiger charge is 2.47. The van der Waals surface area contributed by atoms with E-state index < -0.39 is 68.8 Å². The van der Waals surface area contributed by atoms with Gasteiger partial charge in [-0.2, -0.15) is 14.3 Å². The Balaban J connectivity index is 1.30. The maximum absolute atomic E-state index is 15.5. The summed E-state index contributed by atoms with van der Waals surface area (Å²) < 4.78 is 53.2. The topological polar surface area (TPSA) is 283 Å². The molecule has 1 fully saturated rings. The third kappa shape index (κ3) is 5.77. The maximum Gasteiger partial charge on any atom is 0.327 e. The second kappa shape index (κ2) is 11.7. The summed E-state index contributed by atoms with van der Waals surface area (Å²) in [6.45, 7) is -4.45. The Hall–Kier alpha value is -3.41. The first kappa shape index (κ1) is 30.1. The smallest absolute Gasteiger partial charge is 0.327 e. The van der Waals surface area contributed by atoms with Gasteiger partial charge in [-0.1, -0.05) is 10.4 Å². The highest BCUT2D eigenvalue weighted by molar-refractivity contribution is 8.07. The van der Waals surface area contributed by atoms with Crippen LogP contribution in [0.5, 0.6) is 0 Å². The van der Waals surface area contributed by atoms with Crippen molar-refractivity contribution >= 4 is 52.6 Å². The first-order chi connectivity index (χ1) is 19.9. The summed E-state index contributed by atoms with van der Waals surface area (Å²) in [7, 11) is 0. The van der Waals surface area contributed by atoms with Gasteiger partial charge < -0.3 is 40.6 Å². The predicted molar refractivity (Wildman–Crippen MR) is 138 cm³/mol. The van der Waals surface area contributed by atoms with Crippen LogP contribution in [0.1, 0.15) is 19.4 Å². The van der Waals surface area contributed by atoms with Crippen LogP contribution in [0.15, 0.2) is 11.1 Å². The van der Waals surface area contributed by atoms with Gasteiger partial charge in [0, 0.05) is 0 Å². The van der Waals surface area contributed by atoms with Crippen molar-refractivity contribution in [1.82, 2.24) is 49.9 Å². The minimum Gasteiger partial charge on any atom is -0.394 e. The lowest BCUT2D eigenvalue weighted by Gasteiger charge is -2.27. The lowest BCUT2D eigenvalue weighted by molar-refractivity contribution is -0.162. The summed E-state index contributed by atoms with van der Waals surface area (Å²) in [4.78, 5) is 36.4. The third-order valence-corrected chi connectivity index (χ3v) is 7.42. The molecule has 24 heteroatoms. The van der Waals surface area contributed by atoms with Gasteiger partial charge in [-0.15, -0.1) is 10.2 Å². The third-order valence-electron chi connectivity index (χ3n) is 5.91.